The van der Waals surface area contributed by atoms with Gasteiger partial charge < -0.3 is 5.11 Å². The first-order valence-corrected chi connectivity index (χ1v) is 3.82. The Hall–Kier alpha value is -1.38. The number of rotatable bonds is 3. The highest BCUT2D eigenvalue weighted by atomic mass is 16.4. The van der Waals surface area contributed by atoms with Crippen LogP contribution in [0.2, 0.25) is 0 Å². The molecule has 0 radical (unpaired) electrons. The molecule has 0 fully saturated rings. The fourth-order valence-corrected chi connectivity index (χ4v) is 0.960. The monoisotopic (exact) mass is 165 g/mol. The van der Waals surface area contributed by atoms with Gasteiger partial charge in [0.25, 0.3) is 0 Å². The summed E-state index contributed by atoms with van der Waals surface area (Å²) in [5.74, 6) is -1.10. The number of carboxylic acid groups (broad SMARTS) is 1. The van der Waals surface area contributed by atoms with E-state index in [1.54, 1.807) is 19.3 Å². The van der Waals surface area contributed by atoms with Crippen LogP contribution in [0.3, 0.4) is 0 Å². The van der Waals surface area contributed by atoms with Crippen LogP contribution in [0.4, 0.5) is 0 Å². The van der Waals surface area contributed by atoms with Crippen LogP contribution in [0.1, 0.15) is 12.5 Å². The van der Waals surface area contributed by atoms with Crippen LogP contribution in [-0.2, 0) is 11.2 Å². The summed E-state index contributed by atoms with van der Waals surface area (Å²) in [6, 6.07) is 3.69. The van der Waals surface area contributed by atoms with E-state index in [2.05, 4.69) is 4.98 Å². The molecule has 1 N–H and O–H groups in total. The number of aliphatic carboxylic acids is 1. The van der Waals surface area contributed by atoms with Crippen molar-refractivity contribution in [2.45, 2.75) is 13.3 Å². The molecule has 0 aliphatic carbocycles. The standard InChI is InChI=1S/C9H11NO2/c1-7(9(11)12)5-8-3-2-4-10-6-8/h2-4,6-7H,5H2,1H3,(H,11,12)/t7-/m0/s1. The van der Waals surface area contributed by atoms with Gasteiger partial charge in [-0.2, -0.15) is 0 Å². The molecular weight excluding hydrogens is 154 g/mol. The Morgan fingerprint density at radius 3 is 3.00 bits per heavy atom. The average Bonchev–Trinajstić information content (AvgIpc) is 2.06. The molecule has 0 saturated heterocycles. The number of pyridine rings is 1. The molecule has 1 atom stereocenters. The van der Waals surface area contributed by atoms with E-state index < -0.39 is 5.97 Å². The summed E-state index contributed by atoms with van der Waals surface area (Å²) in [5.41, 5.74) is 0.965. The van der Waals surface area contributed by atoms with Crippen molar-refractivity contribution in [3.63, 3.8) is 0 Å². The van der Waals surface area contributed by atoms with Crippen LogP contribution in [-0.4, -0.2) is 16.1 Å². The van der Waals surface area contributed by atoms with Crippen LogP contribution >= 0.6 is 0 Å². The minimum Gasteiger partial charge on any atom is -0.481 e. The van der Waals surface area contributed by atoms with Gasteiger partial charge in [0.05, 0.1) is 5.92 Å². The van der Waals surface area contributed by atoms with Gasteiger partial charge in [-0.3, -0.25) is 9.78 Å². The quantitative estimate of drug-likeness (QED) is 0.735. The molecule has 0 aliphatic rings. The summed E-state index contributed by atoms with van der Waals surface area (Å²) in [5, 5.41) is 8.62. The normalized spacial score (nSPS) is 12.4. The van der Waals surface area contributed by atoms with Gasteiger partial charge >= 0.3 is 5.97 Å². The topological polar surface area (TPSA) is 50.2 Å². The first kappa shape index (κ1) is 8.71. The molecule has 0 spiro atoms. The van der Waals surface area contributed by atoms with E-state index in [9.17, 15) is 4.79 Å². The van der Waals surface area contributed by atoms with E-state index >= 15 is 0 Å². The second-order valence-corrected chi connectivity index (χ2v) is 2.80. The molecule has 0 saturated carbocycles. The third-order valence-electron chi connectivity index (χ3n) is 1.69. The molecule has 1 heterocycles. The highest BCUT2D eigenvalue weighted by molar-refractivity contribution is 5.69. The molecule has 3 nitrogen and oxygen atoms in total. The van der Waals surface area contributed by atoms with Gasteiger partial charge in [-0.05, 0) is 18.1 Å². The van der Waals surface area contributed by atoms with Crippen LogP contribution in [0.5, 0.6) is 0 Å². The van der Waals surface area contributed by atoms with E-state index in [1.807, 2.05) is 12.1 Å². The van der Waals surface area contributed by atoms with Gasteiger partial charge in [0.1, 0.15) is 0 Å². The lowest BCUT2D eigenvalue weighted by atomic mass is 10.0. The fourth-order valence-electron chi connectivity index (χ4n) is 0.960. The molecule has 64 valence electrons. The third-order valence-corrected chi connectivity index (χ3v) is 1.69. The van der Waals surface area contributed by atoms with E-state index in [-0.39, 0.29) is 5.92 Å². The maximum atomic E-state index is 10.5. The van der Waals surface area contributed by atoms with Crippen molar-refractivity contribution in [1.29, 1.82) is 0 Å². The summed E-state index contributed by atoms with van der Waals surface area (Å²) < 4.78 is 0. The van der Waals surface area contributed by atoms with Crippen molar-refractivity contribution in [3.8, 4) is 0 Å². The zero-order chi connectivity index (χ0) is 8.97. The van der Waals surface area contributed by atoms with Crippen LogP contribution < -0.4 is 0 Å². The Labute approximate surface area is 71.1 Å². The second-order valence-electron chi connectivity index (χ2n) is 2.80. The van der Waals surface area contributed by atoms with Gasteiger partial charge in [0.2, 0.25) is 0 Å². The number of hydrogen-bond acceptors (Lipinski definition) is 2. The smallest absolute Gasteiger partial charge is 0.306 e. The highest BCUT2D eigenvalue weighted by Crippen LogP contribution is 2.06. The summed E-state index contributed by atoms with van der Waals surface area (Å²) in [7, 11) is 0. The molecule has 12 heavy (non-hydrogen) atoms. The van der Waals surface area contributed by atoms with Crippen LogP contribution in [0, 0.1) is 5.92 Å². The molecule has 3 heteroatoms. The second kappa shape index (κ2) is 3.85. The van der Waals surface area contributed by atoms with Gasteiger partial charge in [0.15, 0.2) is 0 Å². The molecule has 1 aromatic rings. The number of nitrogens with zero attached hydrogens (tertiary/aromatic N) is 1. The first-order chi connectivity index (χ1) is 5.70. The minimum absolute atomic E-state index is 0.339. The fraction of sp³-hybridized carbons (Fsp3) is 0.333. The van der Waals surface area contributed by atoms with E-state index in [0.717, 1.165) is 5.56 Å². The Bertz CT molecular complexity index is 258. The molecule has 0 bridgehead atoms. The maximum Gasteiger partial charge on any atom is 0.306 e. The molecule has 0 unspecified atom stereocenters. The molecule has 1 rings (SSSR count). The Balaban J connectivity index is 2.58. The van der Waals surface area contributed by atoms with Gasteiger partial charge in [-0.1, -0.05) is 13.0 Å². The zero-order valence-electron chi connectivity index (χ0n) is 6.90. The largest absolute Gasteiger partial charge is 0.481 e. The van der Waals surface area contributed by atoms with Crippen molar-refractivity contribution in [3.05, 3.63) is 30.1 Å². The molecular formula is C9H11NO2. The predicted octanol–water partition coefficient (Wildman–Crippen LogP) is 1.34. The van der Waals surface area contributed by atoms with Crippen molar-refractivity contribution in [1.82, 2.24) is 4.98 Å². The number of aromatic nitrogens is 1. The Morgan fingerprint density at radius 1 is 1.75 bits per heavy atom. The number of hydrogen-bond donors (Lipinski definition) is 1. The lowest BCUT2D eigenvalue weighted by Crippen LogP contribution is -2.12. The van der Waals surface area contributed by atoms with Gasteiger partial charge in [-0.15, -0.1) is 0 Å². The van der Waals surface area contributed by atoms with E-state index in [4.69, 9.17) is 5.11 Å². The molecule has 0 aromatic carbocycles. The van der Waals surface area contributed by atoms with Crippen LogP contribution in [0.15, 0.2) is 24.5 Å². The Kier molecular flexibility index (Phi) is 2.80. The zero-order valence-corrected chi connectivity index (χ0v) is 6.90. The summed E-state index contributed by atoms with van der Waals surface area (Å²) in [6.07, 6.45) is 3.91. The minimum atomic E-state index is -0.765. The lowest BCUT2D eigenvalue weighted by molar-refractivity contribution is -0.141. The highest BCUT2D eigenvalue weighted by Gasteiger charge is 2.10. The molecule has 0 aliphatic heterocycles. The third kappa shape index (κ3) is 2.34. The molecule has 0 amide bonds. The lowest BCUT2D eigenvalue weighted by Gasteiger charge is -2.04. The van der Waals surface area contributed by atoms with Crippen molar-refractivity contribution in [2.75, 3.05) is 0 Å². The average molecular weight is 165 g/mol. The number of carbonyl (C=O) groups is 1. The van der Waals surface area contributed by atoms with Crippen molar-refractivity contribution < 1.29 is 9.90 Å². The molecule has 1 aromatic heterocycles. The van der Waals surface area contributed by atoms with Crippen LogP contribution in [0.25, 0.3) is 0 Å². The van der Waals surface area contributed by atoms with Crippen molar-refractivity contribution in [2.24, 2.45) is 5.92 Å². The number of carboxylic acids is 1. The summed E-state index contributed by atoms with van der Waals surface area (Å²) in [4.78, 5) is 14.4. The Morgan fingerprint density at radius 2 is 2.50 bits per heavy atom. The van der Waals surface area contributed by atoms with E-state index in [1.165, 1.54) is 0 Å². The predicted molar refractivity (Wildman–Crippen MR) is 44.7 cm³/mol. The summed E-state index contributed by atoms with van der Waals surface area (Å²) in [6.45, 7) is 1.69. The maximum absolute atomic E-state index is 10.5. The van der Waals surface area contributed by atoms with Gasteiger partial charge in [0, 0.05) is 12.4 Å². The van der Waals surface area contributed by atoms with Gasteiger partial charge in [-0.25, -0.2) is 0 Å². The van der Waals surface area contributed by atoms with E-state index in [0.29, 0.717) is 6.42 Å². The first-order valence-electron chi connectivity index (χ1n) is 3.82. The van der Waals surface area contributed by atoms with Crippen molar-refractivity contribution >= 4 is 5.97 Å². The SMILES string of the molecule is C[C@@H](Cc1cccnc1)C(=O)O. The summed E-state index contributed by atoms with van der Waals surface area (Å²) >= 11 is 0.